The molecular formula is C21H18N4O5S. The lowest BCUT2D eigenvalue weighted by Gasteiger charge is -2.20. The molecule has 0 aliphatic carbocycles. The second-order valence-corrected chi connectivity index (χ2v) is 8.43. The molecule has 4 rings (SSSR count). The lowest BCUT2D eigenvalue weighted by atomic mass is 10.1. The summed E-state index contributed by atoms with van der Waals surface area (Å²) in [6, 6.07) is 13.0. The highest BCUT2D eigenvalue weighted by Crippen LogP contribution is 2.33. The number of ether oxygens (including phenoxy) is 1. The lowest BCUT2D eigenvalue weighted by Crippen LogP contribution is -2.32. The number of hydrogen-bond donors (Lipinski definition) is 2. The van der Waals surface area contributed by atoms with Crippen LogP contribution in [0.5, 0.6) is 11.5 Å². The summed E-state index contributed by atoms with van der Waals surface area (Å²) in [5, 5.41) is 23.0. The second kappa shape index (κ2) is 7.77. The van der Waals surface area contributed by atoms with Gasteiger partial charge < -0.3 is 19.7 Å². The highest BCUT2D eigenvalue weighted by atomic mass is 32.2. The largest absolute Gasteiger partial charge is 0.506 e. The number of amidine groups is 1. The summed E-state index contributed by atoms with van der Waals surface area (Å²) in [5.74, 6) is -0.219. The van der Waals surface area contributed by atoms with Crippen molar-refractivity contribution in [1.82, 2.24) is 4.57 Å². The number of sulfonamides is 1. The van der Waals surface area contributed by atoms with Crippen LogP contribution in [0.25, 0.3) is 10.9 Å². The molecule has 0 amide bonds. The molecule has 0 bridgehead atoms. The normalized spacial score (nSPS) is 14.3. The number of pyridine rings is 1. The number of nitrogens with zero attached hydrogens (tertiary/aromatic N) is 3. The standard InChI is InChI=1S/C21H18N4O5S/c1-30-13-8-9-16-14(12-13)19(26)18(21(27)25(16)11-5-4-10-22)20-23-15-6-2-3-7-17(15)31(28,29)24-20/h2-3,6-9,12,26H,4-5,11H2,1H3,(H,23,24). The SMILES string of the molecule is COc1ccc2c(c1)c(O)c(C1=NS(=O)(=O)c3ccccc3N1)c(=O)n2CCCC#N. The zero-order valence-electron chi connectivity index (χ0n) is 16.5. The Morgan fingerprint density at radius 3 is 2.77 bits per heavy atom. The zero-order chi connectivity index (χ0) is 22.2. The average molecular weight is 438 g/mol. The van der Waals surface area contributed by atoms with Crippen LogP contribution in [0.2, 0.25) is 0 Å². The Balaban J connectivity index is 1.99. The third-order valence-electron chi connectivity index (χ3n) is 4.98. The van der Waals surface area contributed by atoms with Crippen LogP contribution in [0.1, 0.15) is 18.4 Å². The van der Waals surface area contributed by atoms with E-state index >= 15 is 0 Å². The van der Waals surface area contributed by atoms with Gasteiger partial charge in [-0.3, -0.25) is 4.79 Å². The highest BCUT2D eigenvalue weighted by Gasteiger charge is 2.29. The maximum Gasteiger partial charge on any atom is 0.286 e. The molecule has 0 atom stereocenters. The molecule has 0 unspecified atom stereocenters. The van der Waals surface area contributed by atoms with E-state index < -0.39 is 21.3 Å². The predicted molar refractivity (Wildman–Crippen MR) is 115 cm³/mol. The number of para-hydroxylation sites is 1. The fourth-order valence-electron chi connectivity index (χ4n) is 3.52. The van der Waals surface area contributed by atoms with Crippen LogP contribution in [-0.4, -0.2) is 31.0 Å². The van der Waals surface area contributed by atoms with Crippen LogP contribution >= 0.6 is 0 Å². The minimum absolute atomic E-state index is 0.0185. The minimum atomic E-state index is -4.07. The van der Waals surface area contributed by atoms with Gasteiger partial charge in [0.15, 0.2) is 5.84 Å². The van der Waals surface area contributed by atoms with E-state index in [0.29, 0.717) is 23.1 Å². The number of aryl methyl sites for hydroxylation is 1. The molecule has 31 heavy (non-hydrogen) atoms. The third kappa shape index (κ3) is 3.49. The van der Waals surface area contributed by atoms with Crippen molar-refractivity contribution in [2.24, 2.45) is 4.40 Å². The van der Waals surface area contributed by atoms with Crippen molar-refractivity contribution in [3.05, 3.63) is 58.4 Å². The van der Waals surface area contributed by atoms with Gasteiger partial charge in [0.25, 0.3) is 15.6 Å². The van der Waals surface area contributed by atoms with Crippen LogP contribution in [0.15, 0.2) is 56.6 Å². The van der Waals surface area contributed by atoms with E-state index in [1.165, 1.54) is 17.7 Å². The zero-order valence-corrected chi connectivity index (χ0v) is 17.3. The molecule has 158 valence electrons. The van der Waals surface area contributed by atoms with Crippen LogP contribution in [-0.2, 0) is 16.6 Å². The molecule has 0 radical (unpaired) electrons. The molecule has 1 aromatic heterocycles. The van der Waals surface area contributed by atoms with Crippen molar-refractivity contribution in [1.29, 1.82) is 5.26 Å². The number of aromatic hydroxyl groups is 1. The maximum atomic E-state index is 13.3. The number of rotatable bonds is 5. The van der Waals surface area contributed by atoms with E-state index in [2.05, 4.69) is 9.71 Å². The maximum absolute atomic E-state index is 13.3. The Morgan fingerprint density at radius 1 is 1.26 bits per heavy atom. The summed E-state index contributed by atoms with van der Waals surface area (Å²) in [6.45, 7) is 0.207. The Kier molecular flexibility index (Phi) is 5.12. The van der Waals surface area contributed by atoms with Crippen molar-refractivity contribution in [3.8, 4) is 17.6 Å². The molecule has 1 aliphatic heterocycles. The average Bonchev–Trinajstić information content (AvgIpc) is 2.75. The molecule has 0 saturated heterocycles. The Labute approximate surface area is 177 Å². The molecule has 0 saturated carbocycles. The number of unbranched alkanes of at least 4 members (excludes halogenated alkanes) is 1. The van der Waals surface area contributed by atoms with Crippen LogP contribution in [0, 0.1) is 11.3 Å². The van der Waals surface area contributed by atoms with Gasteiger partial charge in [0.05, 0.1) is 24.4 Å². The molecule has 0 fully saturated rings. The summed E-state index contributed by atoms with van der Waals surface area (Å²) in [7, 11) is -2.60. The quantitative estimate of drug-likeness (QED) is 0.585. The van der Waals surface area contributed by atoms with Crippen molar-refractivity contribution in [2.45, 2.75) is 24.3 Å². The van der Waals surface area contributed by atoms with Gasteiger partial charge in [-0.05, 0) is 36.8 Å². The topological polar surface area (TPSA) is 134 Å². The first-order chi connectivity index (χ1) is 14.9. The highest BCUT2D eigenvalue weighted by molar-refractivity contribution is 7.90. The van der Waals surface area contributed by atoms with Gasteiger partial charge in [0.1, 0.15) is 22.0 Å². The molecule has 9 nitrogen and oxygen atoms in total. The van der Waals surface area contributed by atoms with E-state index in [4.69, 9.17) is 10.00 Å². The minimum Gasteiger partial charge on any atom is -0.506 e. The van der Waals surface area contributed by atoms with Crippen molar-refractivity contribution in [2.75, 3.05) is 12.4 Å². The van der Waals surface area contributed by atoms with E-state index in [1.54, 1.807) is 36.4 Å². The summed E-state index contributed by atoms with van der Waals surface area (Å²) < 4.78 is 35.7. The van der Waals surface area contributed by atoms with Gasteiger partial charge in [-0.2, -0.15) is 13.7 Å². The van der Waals surface area contributed by atoms with Crippen molar-refractivity contribution < 1.29 is 18.3 Å². The molecule has 0 spiro atoms. The Morgan fingerprint density at radius 2 is 2.03 bits per heavy atom. The van der Waals surface area contributed by atoms with Crippen LogP contribution < -0.4 is 15.6 Å². The number of benzene rings is 2. The third-order valence-corrected chi connectivity index (χ3v) is 6.32. The molecule has 2 aromatic carbocycles. The Bertz CT molecular complexity index is 1430. The lowest BCUT2D eigenvalue weighted by molar-refractivity contribution is 0.415. The number of hydrogen-bond acceptors (Lipinski definition) is 7. The van der Waals surface area contributed by atoms with Crippen molar-refractivity contribution in [3.63, 3.8) is 0 Å². The van der Waals surface area contributed by atoms with Crippen LogP contribution in [0.3, 0.4) is 0 Å². The van der Waals surface area contributed by atoms with Gasteiger partial charge in [0.2, 0.25) is 0 Å². The van der Waals surface area contributed by atoms with E-state index in [0.717, 1.165) is 0 Å². The van der Waals surface area contributed by atoms with Gasteiger partial charge in [0, 0.05) is 18.4 Å². The number of anilines is 1. The summed E-state index contributed by atoms with van der Waals surface area (Å²) >= 11 is 0. The fourth-order valence-corrected chi connectivity index (χ4v) is 4.65. The number of methoxy groups -OCH3 is 1. The molecule has 2 heterocycles. The summed E-state index contributed by atoms with van der Waals surface area (Å²) in [4.78, 5) is 13.3. The summed E-state index contributed by atoms with van der Waals surface area (Å²) in [5.41, 5.74) is -0.192. The van der Waals surface area contributed by atoms with Crippen molar-refractivity contribution >= 4 is 32.4 Å². The number of fused-ring (bicyclic) bond motifs is 2. The smallest absolute Gasteiger partial charge is 0.286 e. The monoisotopic (exact) mass is 438 g/mol. The molecule has 1 aliphatic rings. The predicted octanol–water partition coefficient (Wildman–Crippen LogP) is 2.58. The van der Waals surface area contributed by atoms with Gasteiger partial charge in [-0.1, -0.05) is 12.1 Å². The second-order valence-electron chi connectivity index (χ2n) is 6.86. The molecule has 2 N–H and O–H groups in total. The number of aromatic nitrogens is 1. The number of nitriles is 1. The van der Waals surface area contributed by atoms with Gasteiger partial charge >= 0.3 is 0 Å². The Hall–Kier alpha value is -3.84. The molecule has 10 heteroatoms. The fraction of sp³-hybridized carbons (Fsp3) is 0.190. The van der Waals surface area contributed by atoms with E-state index in [-0.39, 0.29) is 34.9 Å². The van der Waals surface area contributed by atoms with E-state index in [1.807, 2.05) is 6.07 Å². The number of nitrogens with one attached hydrogen (secondary N) is 1. The first kappa shape index (κ1) is 20.4. The van der Waals surface area contributed by atoms with Gasteiger partial charge in [-0.15, -0.1) is 4.40 Å². The first-order valence-corrected chi connectivity index (χ1v) is 10.8. The van der Waals surface area contributed by atoms with Gasteiger partial charge in [-0.25, -0.2) is 0 Å². The first-order valence-electron chi connectivity index (χ1n) is 9.39. The summed E-state index contributed by atoms with van der Waals surface area (Å²) in [6.07, 6.45) is 0.643. The molecular weight excluding hydrogens is 420 g/mol. The van der Waals surface area contributed by atoms with E-state index in [9.17, 15) is 18.3 Å². The van der Waals surface area contributed by atoms with Crippen LogP contribution in [0.4, 0.5) is 5.69 Å². The molecule has 3 aromatic rings.